The number of ether oxygens (including phenoxy) is 4. The van der Waals surface area contributed by atoms with Crippen LogP contribution in [0.5, 0.6) is 17.2 Å². The lowest BCUT2D eigenvalue weighted by Gasteiger charge is -2.24. The van der Waals surface area contributed by atoms with E-state index in [1.165, 1.54) is 0 Å². The number of methoxy groups -OCH3 is 3. The maximum atomic E-state index is 5.49. The molecule has 0 saturated carbocycles. The molecule has 1 saturated heterocycles. The van der Waals surface area contributed by atoms with Crippen molar-refractivity contribution in [1.29, 1.82) is 0 Å². The summed E-state index contributed by atoms with van der Waals surface area (Å²) < 4.78 is 21.7. The predicted molar refractivity (Wildman–Crippen MR) is 76.8 cm³/mol. The van der Waals surface area contributed by atoms with Gasteiger partial charge >= 0.3 is 0 Å². The molecule has 1 aliphatic rings. The van der Waals surface area contributed by atoms with Gasteiger partial charge in [-0.05, 0) is 31.2 Å². The van der Waals surface area contributed by atoms with Gasteiger partial charge in [0.25, 0.3) is 0 Å². The molecule has 1 aromatic carbocycles. The van der Waals surface area contributed by atoms with Gasteiger partial charge < -0.3 is 24.3 Å². The lowest BCUT2D eigenvalue weighted by molar-refractivity contribution is 0.177. The smallest absolute Gasteiger partial charge is 0.203 e. The van der Waals surface area contributed by atoms with Crippen LogP contribution in [0.25, 0.3) is 0 Å². The molecule has 1 fully saturated rings. The van der Waals surface area contributed by atoms with Gasteiger partial charge in [-0.15, -0.1) is 0 Å². The van der Waals surface area contributed by atoms with Crippen LogP contribution in [-0.4, -0.2) is 41.6 Å². The Hall–Kier alpha value is -1.46. The van der Waals surface area contributed by atoms with Crippen molar-refractivity contribution in [3.8, 4) is 17.2 Å². The molecule has 0 bridgehead atoms. The Morgan fingerprint density at radius 3 is 2.20 bits per heavy atom. The van der Waals surface area contributed by atoms with E-state index in [0.717, 1.165) is 25.2 Å². The molecule has 1 aromatic rings. The number of nitrogens with one attached hydrogen (secondary N) is 1. The molecule has 5 nitrogen and oxygen atoms in total. The van der Waals surface area contributed by atoms with Crippen LogP contribution in [0.15, 0.2) is 12.1 Å². The second kappa shape index (κ2) is 6.81. The summed E-state index contributed by atoms with van der Waals surface area (Å²) in [6, 6.07) is 4.22. The monoisotopic (exact) mass is 281 g/mol. The third-order valence-electron chi connectivity index (χ3n) is 3.79. The van der Waals surface area contributed by atoms with Gasteiger partial charge in [0.15, 0.2) is 11.5 Å². The summed E-state index contributed by atoms with van der Waals surface area (Å²) in [5.41, 5.74) is 1.12. The van der Waals surface area contributed by atoms with E-state index in [9.17, 15) is 0 Å². The van der Waals surface area contributed by atoms with Crippen molar-refractivity contribution in [2.45, 2.75) is 12.5 Å². The number of rotatable bonds is 6. The summed E-state index contributed by atoms with van der Waals surface area (Å²) >= 11 is 0. The van der Waals surface area contributed by atoms with Crippen molar-refractivity contribution in [3.05, 3.63) is 17.7 Å². The summed E-state index contributed by atoms with van der Waals surface area (Å²) in [5, 5.41) is 3.37. The molecule has 0 radical (unpaired) electrons. The van der Waals surface area contributed by atoms with E-state index >= 15 is 0 Å². The predicted octanol–water partition coefficient (Wildman–Crippen LogP) is 2.01. The van der Waals surface area contributed by atoms with Gasteiger partial charge in [0.05, 0.1) is 27.9 Å². The first-order chi connectivity index (χ1) is 9.74. The zero-order valence-electron chi connectivity index (χ0n) is 12.6. The highest BCUT2D eigenvalue weighted by atomic mass is 16.5. The van der Waals surface area contributed by atoms with Gasteiger partial charge in [-0.25, -0.2) is 0 Å². The van der Waals surface area contributed by atoms with Crippen LogP contribution in [0.1, 0.15) is 18.0 Å². The fourth-order valence-electron chi connectivity index (χ4n) is 2.77. The lowest BCUT2D eigenvalue weighted by Crippen LogP contribution is -2.25. The molecule has 0 aliphatic carbocycles. The summed E-state index contributed by atoms with van der Waals surface area (Å²) in [4.78, 5) is 0. The Bertz CT molecular complexity index is 418. The second-order valence-corrected chi connectivity index (χ2v) is 4.85. The molecule has 112 valence electrons. The van der Waals surface area contributed by atoms with Crippen LogP contribution in [-0.2, 0) is 4.74 Å². The minimum absolute atomic E-state index is 0.214. The lowest BCUT2D eigenvalue weighted by atomic mass is 9.92. The van der Waals surface area contributed by atoms with E-state index in [-0.39, 0.29) is 6.04 Å². The standard InChI is InChI=1S/C15H23NO4/c1-16-14(10-5-6-20-9-10)11-7-12(17-2)15(19-4)13(8-11)18-3/h7-8,10,14,16H,5-6,9H2,1-4H3. The minimum Gasteiger partial charge on any atom is -0.493 e. The Morgan fingerprint density at radius 1 is 1.15 bits per heavy atom. The van der Waals surface area contributed by atoms with Gasteiger partial charge in [0.1, 0.15) is 0 Å². The summed E-state index contributed by atoms with van der Waals surface area (Å²) in [6.45, 7) is 1.61. The first kappa shape index (κ1) is 14.9. The van der Waals surface area contributed by atoms with Crippen molar-refractivity contribution in [1.82, 2.24) is 5.32 Å². The number of hydrogen-bond acceptors (Lipinski definition) is 5. The van der Waals surface area contributed by atoms with E-state index in [0.29, 0.717) is 23.2 Å². The third kappa shape index (κ3) is 2.83. The fraction of sp³-hybridized carbons (Fsp3) is 0.600. The molecule has 2 unspecified atom stereocenters. The van der Waals surface area contributed by atoms with Gasteiger partial charge in [-0.2, -0.15) is 0 Å². The molecule has 1 aliphatic heterocycles. The Morgan fingerprint density at radius 2 is 1.80 bits per heavy atom. The minimum atomic E-state index is 0.214. The van der Waals surface area contributed by atoms with E-state index in [1.807, 2.05) is 19.2 Å². The zero-order valence-corrected chi connectivity index (χ0v) is 12.6. The molecule has 2 rings (SSSR count). The molecule has 1 N–H and O–H groups in total. The molecular weight excluding hydrogens is 258 g/mol. The summed E-state index contributed by atoms with van der Waals surface area (Å²) in [7, 11) is 6.84. The van der Waals surface area contributed by atoms with E-state index in [4.69, 9.17) is 18.9 Å². The molecular formula is C15H23NO4. The van der Waals surface area contributed by atoms with E-state index < -0.39 is 0 Å². The fourth-order valence-corrected chi connectivity index (χ4v) is 2.77. The maximum Gasteiger partial charge on any atom is 0.203 e. The molecule has 5 heteroatoms. The third-order valence-corrected chi connectivity index (χ3v) is 3.79. The van der Waals surface area contributed by atoms with Crippen LogP contribution in [0, 0.1) is 5.92 Å². The van der Waals surface area contributed by atoms with Gasteiger partial charge in [-0.1, -0.05) is 0 Å². The van der Waals surface area contributed by atoms with E-state index in [1.54, 1.807) is 21.3 Å². The van der Waals surface area contributed by atoms with Crippen LogP contribution in [0.4, 0.5) is 0 Å². The Balaban J connectivity index is 2.39. The van der Waals surface area contributed by atoms with Crippen molar-refractivity contribution in [2.75, 3.05) is 41.6 Å². The summed E-state index contributed by atoms with van der Waals surface area (Å²) in [6.07, 6.45) is 1.06. The highest BCUT2D eigenvalue weighted by Gasteiger charge is 2.27. The first-order valence-electron chi connectivity index (χ1n) is 6.80. The normalized spacial score (nSPS) is 19.7. The molecule has 20 heavy (non-hydrogen) atoms. The van der Waals surface area contributed by atoms with Gasteiger partial charge in [0.2, 0.25) is 5.75 Å². The van der Waals surface area contributed by atoms with Gasteiger partial charge in [0, 0.05) is 18.6 Å². The molecule has 0 spiro atoms. The average molecular weight is 281 g/mol. The van der Waals surface area contributed by atoms with E-state index in [2.05, 4.69) is 5.32 Å². The zero-order chi connectivity index (χ0) is 14.5. The molecule has 1 heterocycles. The topological polar surface area (TPSA) is 49.0 Å². The highest BCUT2D eigenvalue weighted by molar-refractivity contribution is 5.54. The van der Waals surface area contributed by atoms with Gasteiger partial charge in [-0.3, -0.25) is 0 Å². The maximum absolute atomic E-state index is 5.49. The molecule has 0 aromatic heterocycles. The summed E-state index contributed by atoms with van der Waals surface area (Å²) in [5.74, 6) is 2.45. The second-order valence-electron chi connectivity index (χ2n) is 4.85. The first-order valence-corrected chi connectivity index (χ1v) is 6.80. The van der Waals surface area contributed by atoms with Crippen LogP contribution in [0.3, 0.4) is 0 Å². The van der Waals surface area contributed by atoms with Crippen molar-refractivity contribution < 1.29 is 18.9 Å². The number of hydrogen-bond donors (Lipinski definition) is 1. The molecule has 2 atom stereocenters. The highest BCUT2D eigenvalue weighted by Crippen LogP contribution is 2.41. The number of benzene rings is 1. The van der Waals surface area contributed by atoms with Crippen molar-refractivity contribution in [3.63, 3.8) is 0 Å². The van der Waals surface area contributed by atoms with Crippen LogP contribution in [0.2, 0.25) is 0 Å². The van der Waals surface area contributed by atoms with Crippen molar-refractivity contribution in [2.24, 2.45) is 5.92 Å². The SMILES string of the molecule is CNC(c1cc(OC)c(OC)c(OC)c1)C1CCOC1. The van der Waals surface area contributed by atoms with Crippen LogP contribution >= 0.6 is 0 Å². The Labute approximate surface area is 120 Å². The molecule has 0 amide bonds. The quantitative estimate of drug-likeness (QED) is 0.864. The largest absolute Gasteiger partial charge is 0.493 e. The van der Waals surface area contributed by atoms with Crippen LogP contribution < -0.4 is 19.5 Å². The average Bonchev–Trinajstić information content (AvgIpc) is 3.00. The van der Waals surface area contributed by atoms with Crippen molar-refractivity contribution >= 4 is 0 Å². The Kier molecular flexibility index (Phi) is 5.09.